The topological polar surface area (TPSA) is 103 Å². The van der Waals surface area contributed by atoms with Crippen molar-refractivity contribution >= 4 is 39.9 Å². The first-order chi connectivity index (χ1) is 15.0. The Hall–Kier alpha value is -3.58. The minimum atomic E-state index is -0.146. The predicted molar refractivity (Wildman–Crippen MR) is 125 cm³/mol. The predicted octanol–water partition coefficient (Wildman–Crippen LogP) is 4.97. The fourth-order valence-corrected chi connectivity index (χ4v) is 3.76. The van der Waals surface area contributed by atoms with Crippen LogP contribution in [0, 0.1) is 12.3 Å². The van der Waals surface area contributed by atoms with Crippen LogP contribution in [0.3, 0.4) is 0 Å². The quantitative estimate of drug-likeness (QED) is 0.529. The molecule has 3 heterocycles. The highest BCUT2D eigenvalue weighted by molar-refractivity contribution is 6.46. The van der Waals surface area contributed by atoms with Gasteiger partial charge >= 0.3 is 0 Å². The number of halogens is 1. The summed E-state index contributed by atoms with van der Waals surface area (Å²) in [6, 6.07) is 3.83. The highest BCUT2D eigenvalue weighted by atomic mass is 35.5. The lowest BCUT2D eigenvalue weighted by Gasteiger charge is -2.21. The molecule has 0 unspecified atom stereocenters. The number of allylic oxidation sites excluding steroid dienone is 6. The van der Waals surface area contributed by atoms with Crippen molar-refractivity contribution < 1.29 is 0 Å². The van der Waals surface area contributed by atoms with Crippen molar-refractivity contribution in [1.29, 1.82) is 5.41 Å². The zero-order valence-electron chi connectivity index (χ0n) is 17.4. The summed E-state index contributed by atoms with van der Waals surface area (Å²) in [7, 11) is 0. The Balaban J connectivity index is 1.80. The van der Waals surface area contributed by atoms with Gasteiger partial charge in [-0.1, -0.05) is 29.8 Å². The van der Waals surface area contributed by atoms with Crippen LogP contribution in [0.4, 0.5) is 5.82 Å². The molecular weight excluding hydrogens is 410 g/mol. The van der Waals surface area contributed by atoms with Gasteiger partial charge in [-0.15, -0.1) is 0 Å². The lowest BCUT2D eigenvalue weighted by atomic mass is 9.92. The van der Waals surface area contributed by atoms with Crippen LogP contribution >= 0.6 is 11.6 Å². The number of imidazole rings is 1. The molecule has 3 aromatic rings. The molecule has 4 rings (SSSR count). The molecule has 0 saturated carbocycles. The van der Waals surface area contributed by atoms with Gasteiger partial charge in [0.1, 0.15) is 11.8 Å². The van der Waals surface area contributed by atoms with Gasteiger partial charge in [0.05, 0.1) is 23.1 Å². The Morgan fingerprint density at radius 3 is 2.90 bits per heavy atom. The summed E-state index contributed by atoms with van der Waals surface area (Å²) in [5, 5.41) is 12.2. The molecular formula is C23H22ClN7. The third-order valence-corrected chi connectivity index (χ3v) is 5.55. The lowest BCUT2D eigenvalue weighted by molar-refractivity contribution is 0.937. The van der Waals surface area contributed by atoms with Gasteiger partial charge in [0.15, 0.2) is 11.5 Å². The molecule has 1 aliphatic rings. The van der Waals surface area contributed by atoms with Crippen molar-refractivity contribution in [2.24, 2.45) is 0 Å². The molecule has 0 radical (unpaired) electrons. The molecule has 3 N–H and O–H groups in total. The van der Waals surface area contributed by atoms with Crippen LogP contribution in [0.2, 0.25) is 0 Å². The van der Waals surface area contributed by atoms with E-state index in [1.54, 1.807) is 18.6 Å². The van der Waals surface area contributed by atoms with Crippen LogP contribution in [0.1, 0.15) is 25.1 Å². The molecule has 156 valence electrons. The maximum absolute atomic E-state index is 8.37. The largest absolute Gasteiger partial charge is 0.362 e. The van der Waals surface area contributed by atoms with Gasteiger partial charge in [0.25, 0.3) is 0 Å². The van der Waals surface area contributed by atoms with E-state index in [2.05, 4.69) is 50.2 Å². The maximum Gasteiger partial charge on any atom is 0.162 e. The second kappa shape index (κ2) is 8.65. The van der Waals surface area contributed by atoms with Crippen molar-refractivity contribution in [2.75, 3.05) is 5.32 Å². The van der Waals surface area contributed by atoms with Gasteiger partial charge < -0.3 is 10.3 Å². The highest BCUT2D eigenvalue weighted by Crippen LogP contribution is 2.28. The second-order valence-corrected chi connectivity index (χ2v) is 7.66. The molecule has 0 saturated heterocycles. The Morgan fingerprint density at radius 2 is 2.10 bits per heavy atom. The average Bonchev–Trinajstić information content (AvgIpc) is 3.24. The van der Waals surface area contributed by atoms with Gasteiger partial charge in [0.2, 0.25) is 0 Å². The summed E-state index contributed by atoms with van der Waals surface area (Å²) in [4.78, 5) is 20.3. The van der Waals surface area contributed by atoms with Crippen LogP contribution in [-0.2, 0) is 0 Å². The second-order valence-electron chi connectivity index (χ2n) is 7.25. The van der Waals surface area contributed by atoms with Crippen molar-refractivity contribution in [1.82, 2.24) is 24.9 Å². The monoisotopic (exact) mass is 431 g/mol. The summed E-state index contributed by atoms with van der Waals surface area (Å²) in [5.41, 5.74) is 6.41. The maximum atomic E-state index is 8.37. The number of aryl methyl sites for hydroxylation is 1. The fourth-order valence-electron chi connectivity index (χ4n) is 3.58. The van der Waals surface area contributed by atoms with Gasteiger partial charge in [-0.3, -0.25) is 10.4 Å². The van der Waals surface area contributed by atoms with E-state index in [-0.39, 0.29) is 6.04 Å². The van der Waals surface area contributed by atoms with Crippen LogP contribution in [-0.4, -0.2) is 36.7 Å². The first-order valence-corrected chi connectivity index (χ1v) is 10.2. The van der Waals surface area contributed by atoms with E-state index in [1.165, 1.54) is 6.33 Å². The van der Waals surface area contributed by atoms with Crippen LogP contribution in [0.15, 0.2) is 71.5 Å². The van der Waals surface area contributed by atoms with Crippen LogP contribution in [0.5, 0.6) is 0 Å². The van der Waals surface area contributed by atoms with Crippen molar-refractivity contribution in [3.05, 3.63) is 82.7 Å². The summed E-state index contributed by atoms with van der Waals surface area (Å²) in [6.45, 7) is 6.10. The van der Waals surface area contributed by atoms with E-state index < -0.39 is 0 Å². The molecule has 1 aliphatic carbocycles. The summed E-state index contributed by atoms with van der Waals surface area (Å²) in [5.74, 6) is 0.637. The number of rotatable bonds is 5. The Bertz CT molecular complexity index is 1280. The molecule has 3 aromatic heterocycles. The van der Waals surface area contributed by atoms with Gasteiger partial charge in [-0.25, -0.2) is 15.0 Å². The number of aromatic nitrogens is 5. The third-order valence-electron chi connectivity index (χ3n) is 5.24. The van der Waals surface area contributed by atoms with Crippen molar-refractivity contribution in [2.45, 2.75) is 26.8 Å². The number of fused-ring (bicyclic) bond motifs is 1. The van der Waals surface area contributed by atoms with E-state index in [9.17, 15) is 0 Å². The summed E-state index contributed by atoms with van der Waals surface area (Å²) >= 11 is 6.20. The van der Waals surface area contributed by atoms with Crippen LogP contribution < -0.4 is 5.32 Å². The van der Waals surface area contributed by atoms with Gasteiger partial charge in [-0.05, 0) is 55.7 Å². The standard InChI is InChI=1S/C23H22ClN7/c1-13(17-7-5-9-26-14(17)2)18(10-16-6-4-8-19(24)20(16)25)15(3)31-23-21-22(28-11-27-21)29-12-30-23/h4-12,15,25H,1-3H3,(H2,27,28,29,30,31)/b16-10-,18-13-,25-20?/t15-/m1/s1. The molecule has 31 heavy (non-hydrogen) atoms. The number of hydrogen-bond donors (Lipinski definition) is 3. The van der Waals surface area contributed by atoms with Gasteiger partial charge in [0, 0.05) is 17.5 Å². The first kappa shape index (κ1) is 20.7. The van der Waals surface area contributed by atoms with Crippen LogP contribution in [0.25, 0.3) is 16.7 Å². The summed E-state index contributed by atoms with van der Waals surface area (Å²) < 4.78 is 0. The zero-order valence-corrected chi connectivity index (χ0v) is 18.2. The smallest absolute Gasteiger partial charge is 0.162 e. The van der Waals surface area contributed by atoms with Gasteiger partial charge in [-0.2, -0.15) is 0 Å². The molecule has 1 atom stereocenters. The number of H-pyrrole nitrogens is 1. The lowest BCUT2D eigenvalue weighted by Crippen LogP contribution is -2.20. The van der Waals surface area contributed by atoms with E-state index in [4.69, 9.17) is 17.0 Å². The number of anilines is 1. The number of pyridine rings is 1. The zero-order chi connectivity index (χ0) is 22.0. The molecule has 0 bridgehead atoms. The molecule has 0 amide bonds. The average molecular weight is 432 g/mol. The number of nitrogens with one attached hydrogen (secondary N) is 3. The minimum Gasteiger partial charge on any atom is -0.362 e. The van der Waals surface area contributed by atoms with Crippen molar-refractivity contribution in [3.8, 4) is 0 Å². The Labute approximate surface area is 185 Å². The fraction of sp³-hybridized carbons (Fsp3) is 0.174. The number of aromatic amines is 1. The van der Waals surface area contributed by atoms with E-state index in [1.807, 2.05) is 31.2 Å². The van der Waals surface area contributed by atoms with E-state index in [0.717, 1.165) is 28.0 Å². The highest BCUT2D eigenvalue weighted by Gasteiger charge is 2.18. The molecule has 0 aliphatic heterocycles. The normalized spacial score (nSPS) is 17.0. The first-order valence-electron chi connectivity index (χ1n) is 9.84. The SMILES string of the molecule is C/C(=C(\C=C1\C=CC=C(Cl)C1=N)[C@@H](C)Nc1ncnc2[nH]cnc12)c1cccnc1C. The third kappa shape index (κ3) is 4.18. The minimum absolute atomic E-state index is 0.146. The molecule has 0 spiro atoms. The molecule has 0 fully saturated rings. The molecule has 0 aromatic carbocycles. The van der Waals surface area contributed by atoms with E-state index in [0.29, 0.717) is 27.7 Å². The van der Waals surface area contributed by atoms with E-state index >= 15 is 0 Å². The number of nitrogens with zero attached hydrogens (tertiary/aromatic N) is 4. The molecule has 8 heteroatoms. The number of hydrogen-bond acceptors (Lipinski definition) is 6. The summed E-state index contributed by atoms with van der Waals surface area (Å²) in [6.07, 6.45) is 12.3. The Kier molecular flexibility index (Phi) is 5.77. The Morgan fingerprint density at radius 1 is 1.26 bits per heavy atom. The molecule has 7 nitrogen and oxygen atoms in total. The van der Waals surface area contributed by atoms with Crippen molar-refractivity contribution in [3.63, 3.8) is 0 Å².